The van der Waals surface area contributed by atoms with Gasteiger partial charge in [-0.1, -0.05) is 115 Å². The van der Waals surface area contributed by atoms with Gasteiger partial charge in [0.2, 0.25) is 0 Å². The van der Waals surface area contributed by atoms with Gasteiger partial charge >= 0.3 is 0 Å². The van der Waals surface area contributed by atoms with E-state index < -0.39 is 0 Å². The molecule has 52 heavy (non-hydrogen) atoms. The third-order valence-corrected chi connectivity index (χ3v) is 9.33. The highest BCUT2D eigenvalue weighted by atomic mass is 16.2. The first-order chi connectivity index (χ1) is 25.6. The number of hydrogen-bond donors (Lipinski definition) is 0. The minimum Gasteiger partial charge on any atom is -0.311 e. The highest BCUT2D eigenvalue weighted by Gasteiger charge is 2.41. The van der Waals surface area contributed by atoms with Crippen molar-refractivity contribution >= 4 is 62.8 Å². The molecule has 1 aliphatic heterocycles. The predicted molar refractivity (Wildman–Crippen MR) is 213 cm³/mol. The molecule has 1 heterocycles. The Kier molecular flexibility index (Phi) is 8.74. The van der Waals surface area contributed by atoms with Crippen molar-refractivity contribution in [1.29, 1.82) is 0 Å². The van der Waals surface area contributed by atoms with Crippen LogP contribution in [0.3, 0.4) is 0 Å². The van der Waals surface area contributed by atoms with E-state index in [1.54, 1.807) is 0 Å². The molecule has 2 amide bonds. The lowest BCUT2D eigenvalue weighted by Crippen LogP contribution is -2.32. The summed E-state index contributed by atoms with van der Waals surface area (Å²) in [4.78, 5) is 34.6. The first kappa shape index (κ1) is 32.2. The van der Waals surface area contributed by atoms with Gasteiger partial charge in [0, 0.05) is 34.1 Å². The summed E-state index contributed by atoms with van der Waals surface area (Å²) in [5.41, 5.74) is 9.45. The van der Waals surface area contributed by atoms with Crippen LogP contribution in [0.15, 0.2) is 194 Å². The van der Waals surface area contributed by atoms with E-state index in [4.69, 9.17) is 0 Å². The zero-order chi connectivity index (χ0) is 35.4. The lowest BCUT2D eigenvalue weighted by atomic mass is 9.95. The van der Waals surface area contributed by atoms with Crippen LogP contribution in [-0.2, 0) is 9.59 Å². The molecule has 0 bridgehead atoms. The van der Waals surface area contributed by atoms with Crippen LogP contribution in [0.2, 0.25) is 0 Å². The first-order valence-electron chi connectivity index (χ1n) is 17.3. The molecule has 0 saturated carbocycles. The van der Waals surface area contributed by atoms with Crippen molar-refractivity contribution in [3.8, 4) is 0 Å². The molecule has 0 spiro atoms. The monoisotopic (exact) mass is 673 g/mol. The molecule has 8 rings (SSSR count). The van der Waals surface area contributed by atoms with Gasteiger partial charge < -0.3 is 9.80 Å². The van der Waals surface area contributed by atoms with Crippen LogP contribution in [0, 0.1) is 6.92 Å². The molecule has 0 N–H and O–H groups in total. The van der Waals surface area contributed by atoms with Crippen LogP contribution in [0.25, 0.3) is 11.1 Å². The summed E-state index contributed by atoms with van der Waals surface area (Å²) in [6, 6.07) is 64.0. The summed E-state index contributed by atoms with van der Waals surface area (Å²) in [6.07, 6.45) is 0. The molecule has 5 heteroatoms. The van der Waals surface area contributed by atoms with Crippen LogP contribution >= 0.6 is 0 Å². The Bertz CT molecular complexity index is 2150. The number of nitrogens with zero attached hydrogens (tertiary/aromatic N) is 3. The van der Waals surface area contributed by atoms with Crippen LogP contribution in [0.1, 0.15) is 16.7 Å². The van der Waals surface area contributed by atoms with Crippen LogP contribution in [0.5, 0.6) is 0 Å². The standard InChI is InChI=1S/C47H35N3O2/c1-34-16-14-15-25-43(34)50-46(51)44(35-26-30-41(31-27-35)48(37-17-6-2-7-18-37)38-19-8-3-9-20-38)45(47(50)52)36-28-32-42(33-29-36)49(39-21-10-4-11-22-39)40-23-12-5-13-24-40/h2-33H,1H3. The fraction of sp³-hybridized carbons (Fsp3) is 0.0213. The number of hydrogen-bond acceptors (Lipinski definition) is 4. The van der Waals surface area contributed by atoms with Gasteiger partial charge in [0.1, 0.15) is 0 Å². The van der Waals surface area contributed by atoms with E-state index in [1.165, 1.54) is 4.90 Å². The fourth-order valence-corrected chi connectivity index (χ4v) is 6.86. The molecular weight excluding hydrogens is 639 g/mol. The number of para-hydroxylation sites is 5. The maximum atomic E-state index is 14.5. The second-order valence-electron chi connectivity index (χ2n) is 12.6. The maximum absolute atomic E-state index is 14.5. The second kappa shape index (κ2) is 14.1. The van der Waals surface area contributed by atoms with Gasteiger partial charge in [-0.15, -0.1) is 0 Å². The highest BCUT2D eigenvalue weighted by Crippen LogP contribution is 2.42. The lowest BCUT2D eigenvalue weighted by Gasteiger charge is -2.25. The predicted octanol–water partition coefficient (Wildman–Crippen LogP) is 11.4. The number of amides is 2. The number of benzene rings is 7. The molecular formula is C47H35N3O2. The minimum absolute atomic E-state index is 0.343. The third kappa shape index (κ3) is 6.05. The topological polar surface area (TPSA) is 43.9 Å². The number of imide groups is 1. The van der Waals surface area contributed by atoms with Gasteiger partial charge in [0.15, 0.2) is 0 Å². The molecule has 0 aromatic heterocycles. The van der Waals surface area contributed by atoms with Gasteiger partial charge in [-0.3, -0.25) is 9.59 Å². The van der Waals surface area contributed by atoms with Crippen molar-refractivity contribution in [2.45, 2.75) is 6.92 Å². The van der Waals surface area contributed by atoms with Crippen molar-refractivity contribution in [3.63, 3.8) is 0 Å². The van der Waals surface area contributed by atoms with E-state index in [9.17, 15) is 9.59 Å². The largest absolute Gasteiger partial charge is 0.311 e. The number of carbonyl (C=O) groups is 2. The molecule has 250 valence electrons. The van der Waals surface area contributed by atoms with Gasteiger partial charge in [-0.2, -0.15) is 0 Å². The molecule has 0 aliphatic carbocycles. The maximum Gasteiger partial charge on any atom is 0.266 e. The average molecular weight is 674 g/mol. The number of anilines is 7. The van der Waals surface area contributed by atoms with Crippen molar-refractivity contribution in [3.05, 3.63) is 211 Å². The molecule has 0 fully saturated rings. The van der Waals surface area contributed by atoms with Crippen molar-refractivity contribution in [1.82, 2.24) is 0 Å². The lowest BCUT2D eigenvalue weighted by molar-refractivity contribution is -0.119. The van der Waals surface area contributed by atoms with Gasteiger partial charge in [-0.05, 0) is 102 Å². The zero-order valence-corrected chi connectivity index (χ0v) is 28.6. The van der Waals surface area contributed by atoms with Crippen LogP contribution in [0.4, 0.5) is 39.8 Å². The summed E-state index contributed by atoms with van der Waals surface area (Å²) < 4.78 is 0. The van der Waals surface area contributed by atoms with E-state index in [0.29, 0.717) is 28.0 Å². The molecule has 0 saturated heterocycles. The van der Waals surface area contributed by atoms with Crippen LogP contribution in [-0.4, -0.2) is 11.8 Å². The smallest absolute Gasteiger partial charge is 0.266 e. The minimum atomic E-state index is -0.343. The average Bonchev–Trinajstić information content (AvgIpc) is 3.46. The summed E-state index contributed by atoms with van der Waals surface area (Å²) in [6.45, 7) is 1.92. The third-order valence-electron chi connectivity index (χ3n) is 9.33. The molecule has 7 aromatic rings. The molecule has 1 aliphatic rings. The first-order valence-corrected chi connectivity index (χ1v) is 17.3. The van der Waals surface area contributed by atoms with E-state index in [0.717, 1.165) is 39.7 Å². The Hall–Kier alpha value is -6.98. The van der Waals surface area contributed by atoms with Gasteiger partial charge in [-0.25, -0.2) is 4.90 Å². The molecule has 0 unspecified atom stereocenters. The van der Waals surface area contributed by atoms with E-state index in [-0.39, 0.29) is 11.8 Å². The molecule has 5 nitrogen and oxygen atoms in total. The summed E-state index contributed by atoms with van der Waals surface area (Å²) in [7, 11) is 0. The Morgan fingerprint density at radius 1 is 0.346 bits per heavy atom. The number of aryl methyl sites for hydroxylation is 1. The number of rotatable bonds is 9. The Balaban J connectivity index is 1.23. The van der Waals surface area contributed by atoms with Crippen molar-refractivity contribution in [2.75, 3.05) is 14.7 Å². The normalized spacial score (nSPS) is 12.7. The van der Waals surface area contributed by atoms with E-state index in [1.807, 2.05) is 153 Å². The second-order valence-corrected chi connectivity index (χ2v) is 12.6. The quantitative estimate of drug-likeness (QED) is 0.143. The molecule has 0 atom stereocenters. The van der Waals surface area contributed by atoms with Crippen LogP contribution < -0.4 is 14.7 Å². The SMILES string of the molecule is Cc1ccccc1N1C(=O)C(c2ccc(N(c3ccccc3)c3ccccc3)cc2)=C(c2ccc(N(c3ccccc3)c3ccccc3)cc2)C1=O. The van der Waals surface area contributed by atoms with Crippen molar-refractivity contribution in [2.24, 2.45) is 0 Å². The van der Waals surface area contributed by atoms with E-state index >= 15 is 0 Å². The Labute approximate surface area is 304 Å². The Morgan fingerprint density at radius 3 is 0.962 bits per heavy atom. The van der Waals surface area contributed by atoms with Gasteiger partial charge in [0.25, 0.3) is 11.8 Å². The number of carbonyl (C=O) groups excluding carboxylic acids is 2. The molecule has 0 radical (unpaired) electrons. The highest BCUT2D eigenvalue weighted by molar-refractivity contribution is 6.57. The molecule has 7 aromatic carbocycles. The van der Waals surface area contributed by atoms with Crippen molar-refractivity contribution < 1.29 is 9.59 Å². The fourth-order valence-electron chi connectivity index (χ4n) is 6.86. The summed E-state index contributed by atoms with van der Waals surface area (Å²) >= 11 is 0. The Morgan fingerprint density at radius 2 is 0.635 bits per heavy atom. The summed E-state index contributed by atoms with van der Waals surface area (Å²) in [5, 5.41) is 0. The van der Waals surface area contributed by atoms with Gasteiger partial charge in [0.05, 0.1) is 16.8 Å². The summed E-state index contributed by atoms with van der Waals surface area (Å²) in [5.74, 6) is -0.686. The van der Waals surface area contributed by atoms with E-state index in [2.05, 4.69) is 58.3 Å². The zero-order valence-electron chi connectivity index (χ0n) is 28.6.